The summed E-state index contributed by atoms with van der Waals surface area (Å²) in [4.78, 5) is 10.7. The number of carbonyl (C=O) groups is 1. The molecule has 0 aromatic heterocycles. The van der Waals surface area contributed by atoms with Crippen molar-refractivity contribution in [2.24, 2.45) is 11.8 Å². The second kappa shape index (κ2) is 2.98. The van der Waals surface area contributed by atoms with E-state index in [0.29, 0.717) is 12.3 Å². The van der Waals surface area contributed by atoms with Crippen LogP contribution in [0, 0.1) is 11.8 Å². The second-order valence-corrected chi connectivity index (χ2v) is 4.57. The van der Waals surface area contributed by atoms with E-state index in [4.69, 9.17) is 5.11 Å². The summed E-state index contributed by atoms with van der Waals surface area (Å²) in [5, 5.41) is 12.3. The average Bonchev–Trinajstić information content (AvgIpc) is 2.80. The standard InChI is InChI=1S/C10H17NO2/c1-10(7-2-3-7)8(4-5-11-10)6-9(12)13/h7-8,11H,2-6H2,1H3,(H,12,13). The van der Waals surface area contributed by atoms with Gasteiger partial charge in [0, 0.05) is 12.0 Å². The first-order valence-electron chi connectivity index (χ1n) is 5.10. The van der Waals surface area contributed by atoms with Crippen molar-refractivity contribution in [2.45, 2.75) is 38.1 Å². The number of aliphatic carboxylic acids is 1. The quantitative estimate of drug-likeness (QED) is 0.692. The molecule has 2 fully saturated rings. The van der Waals surface area contributed by atoms with Gasteiger partial charge in [0.05, 0.1) is 0 Å². The number of nitrogens with one attached hydrogen (secondary N) is 1. The van der Waals surface area contributed by atoms with Gasteiger partial charge in [-0.2, -0.15) is 0 Å². The molecule has 0 aromatic carbocycles. The number of rotatable bonds is 3. The molecular formula is C10H17NO2. The Bertz CT molecular complexity index is 225. The van der Waals surface area contributed by atoms with Crippen molar-refractivity contribution in [2.75, 3.05) is 6.54 Å². The molecule has 2 N–H and O–H groups in total. The third-order valence-electron chi connectivity index (χ3n) is 3.69. The molecule has 1 aliphatic carbocycles. The molecule has 2 atom stereocenters. The van der Waals surface area contributed by atoms with Crippen LogP contribution in [0.4, 0.5) is 0 Å². The van der Waals surface area contributed by atoms with Crippen LogP contribution in [0.3, 0.4) is 0 Å². The van der Waals surface area contributed by atoms with Gasteiger partial charge in [-0.15, -0.1) is 0 Å². The van der Waals surface area contributed by atoms with E-state index in [1.165, 1.54) is 12.8 Å². The molecule has 1 saturated carbocycles. The second-order valence-electron chi connectivity index (χ2n) is 4.57. The SMILES string of the molecule is CC1(C2CC2)NCCC1CC(=O)O. The predicted octanol–water partition coefficient (Wildman–Crippen LogP) is 1.24. The molecular weight excluding hydrogens is 166 g/mol. The first-order valence-corrected chi connectivity index (χ1v) is 5.10. The minimum Gasteiger partial charge on any atom is -0.481 e. The first kappa shape index (κ1) is 9.00. The Morgan fingerprint density at radius 1 is 1.54 bits per heavy atom. The summed E-state index contributed by atoms with van der Waals surface area (Å²) in [6.07, 6.45) is 3.92. The fourth-order valence-electron chi connectivity index (χ4n) is 2.65. The summed E-state index contributed by atoms with van der Waals surface area (Å²) in [6, 6.07) is 0. The van der Waals surface area contributed by atoms with E-state index in [9.17, 15) is 4.79 Å². The van der Waals surface area contributed by atoms with Gasteiger partial charge in [0.2, 0.25) is 0 Å². The fraction of sp³-hybridized carbons (Fsp3) is 0.900. The summed E-state index contributed by atoms with van der Waals surface area (Å²) in [6.45, 7) is 3.19. The number of hydrogen-bond acceptors (Lipinski definition) is 2. The summed E-state index contributed by atoms with van der Waals surface area (Å²) >= 11 is 0. The normalized spacial score (nSPS) is 39.3. The lowest BCUT2D eigenvalue weighted by atomic mass is 9.81. The van der Waals surface area contributed by atoms with Gasteiger partial charge in [0.1, 0.15) is 0 Å². The third-order valence-corrected chi connectivity index (χ3v) is 3.69. The Kier molecular flexibility index (Phi) is 2.06. The lowest BCUT2D eigenvalue weighted by Gasteiger charge is -2.31. The molecule has 2 rings (SSSR count). The van der Waals surface area contributed by atoms with E-state index in [2.05, 4.69) is 12.2 Å². The van der Waals surface area contributed by atoms with Gasteiger partial charge in [-0.1, -0.05) is 0 Å². The van der Waals surface area contributed by atoms with Gasteiger partial charge in [-0.05, 0) is 44.6 Å². The number of carboxylic acid groups (broad SMARTS) is 1. The Morgan fingerprint density at radius 3 is 2.77 bits per heavy atom. The highest BCUT2D eigenvalue weighted by Gasteiger charge is 2.49. The minimum absolute atomic E-state index is 0.123. The summed E-state index contributed by atoms with van der Waals surface area (Å²) in [5.74, 6) is 0.428. The van der Waals surface area contributed by atoms with Crippen molar-refractivity contribution in [1.82, 2.24) is 5.32 Å². The molecule has 0 aromatic rings. The highest BCUT2D eigenvalue weighted by molar-refractivity contribution is 5.67. The average molecular weight is 183 g/mol. The lowest BCUT2D eigenvalue weighted by Crippen LogP contribution is -2.44. The summed E-state index contributed by atoms with van der Waals surface area (Å²) in [7, 11) is 0. The van der Waals surface area contributed by atoms with E-state index in [1.54, 1.807) is 0 Å². The summed E-state index contributed by atoms with van der Waals surface area (Å²) in [5.41, 5.74) is 0.123. The maximum absolute atomic E-state index is 10.7. The van der Waals surface area contributed by atoms with E-state index in [-0.39, 0.29) is 5.54 Å². The Labute approximate surface area is 78.5 Å². The van der Waals surface area contributed by atoms with Crippen molar-refractivity contribution < 1.29 is 9.90 Å². The van der Waals surface area contributed by atoms with Crippen molar-refractivity contribution >= 4 is 5.97 Å². The van der Waals surface area contributed by atoms with Gasteiger partial charge >= 0.3 is 5.97 Å². The molecule has 3 heteroatoms. The van der Waals surface area contributed by atoms with Gasteiger partial charge in [-0.3, -0.25) is 4.79 Å². The molecule has 1 saturated heterocycles. The lowest BCUT2D eigenvalue weighted by molar-refractivity contribution is -0.138. The monoisotopic (exact) mass is 183 g/mol. The fourth-order valence-corrected chi connectivity index (χ4v) is 2.65. The highest BCUT2D eigenvalue weighted by Crippen LogP contribution is 2.47. The Morgan fingerprint density at radius 2 is 2.23 bits per heavy atom. The maximum atomic E-state index is 10.7. The number of carboxylic acids is 1. The van der Waals surface area contributed by atoms with Crippen LogP contribution in [0.1, 0.15) is 32.6 Å². The van der Waals surface area contributed by atoms with Crippen molar-refractivity contribution in [3.63, 3.8) is 0 Å². The van der Waals surface area contributed by atoms with Gasteiger partial charge < -0.3 is 10.4 Å². The van der Waals surface area contributed by atoms with Crippen LogP contribution in [0.2, 0.25) is 0 Å². The Balaban J connectivity index is 2.04. The maximum Gasteiger partial charge on any atom is 0.303 e. The zero-order chi connectivity index (χ0) is 9.47. The molecule has 2 aliphatic rings. The third kappa shape index (κ3) is 1.57. The first-order chi connectivity index (χ1) is 6.13. The molecule has 0 radical (unpaired) electrons. The van der Waals surface area contributed by atoms with Crippen LogP contribution in [-0.4, -0.2) is 23.2 Å². The molecule has 3 nitrogen and oxygen atoms in total. The Hall–Kier alpha value is -0.570. The van der Waals surface area contributed by atoms with Crippen LogP contribution in [0.5, 0.6) is 0 Å². The van der Waals surface area contributed by atoms with Crippen molar-refractivity contribution in [3.05, 3.63) is 0 Å². The van der Waals surface area contributed by atoms with Crippen LogP contribution >= 0.6 is 0 Å². The molecule has 0 amide bonds. The van der Waals surface area contributed by atoms with Gasteiger partial charge in [-0.25, -0.2) is 0 Å². The van der Waals surface area contributed by atoms with E-state index < -0.39 is 5.97 Å². The zero-order valence-corrected chi connectivity index (χ0v) is 8.05. The smallest absolute Gasteiger partial charge is 0.303 e. The van der Waals surface area contributed by atoms with Crippen molar-refractivity contribution in [1.29, 1.82) is 0 Å². The highest BCUT2D eigenvalue weighted by atomic mass is 16.4. The molecule has 0 bridgehead atoms. The molecule has 1 aliphatic heterocycles. The zero-order valence-electron chi connectivity index (χ0n) is 8.05. The molecule has 0 spiro atoms. The molecule has 74 valence electrons. The summed E-state index contributed by atoms with van der Waals surface area (Å²) < 4.78 is 0. The van der Waals surface area contributed by atoms with Crippen LogP contribution in [0.15, 0.2) is 0 Å². The van der Waals surface area contributed by atoms with Crippen LogP contribution < -0.4 is 5.32 Å². The van der Waals surface area contributed by atoms with E-state index in [0.717, 1.165) is 18.9 Å². The molecule has 2 unspecified atom stereocenters. The van der Waals surface area contributed by atoms with E-state index in [1.807, 2.05) is 0 Å². The molecule has 1 heterocycles. The van der Waals surface area contributed by atoms with Crippen LogP contribution in [-0.2, 0) is 4.79 Å². The topological polar surface area (TPSA) is 49.3 Å². The molecule has 13 heavy (non-hydrogen) atoms. The minimum atomic E-state index is -0.652. The number of hydrogen-bond donors (Lipinski definition) is 2. The largest absolute Gasteiger partial charge is 0.481 e. The van der Waals surface area contributed by atoms with E-state index >= 15 is 0 Å². The predicted molar refractivity (Wildman–Crippen MR) is 49.5 cm³/mol. The van der Waals surface area contributed by atoms with Crippen LogP contribution in [0.25, 0.3) is 0 Å². The van der Waals surface area contributed by atoms with Gasteiger partial charge in [0.25, 0.3) is 0 Å². The van der Waals surface area contributed by atoms with Crippen molar-refractivity contribution in [3.8, 4) is 0 Å². The van der Waals surface area contributed by atoms with Gasteiger partial charge in [0.15, 0.2) is 0 Å².